The first-order valence-corrected chi connectivity index (χ1v) is 8.92. The number of aryl methyl sites for hydroxylation is 2. The molecule has 2 aromatic heterocycles. The predicted molar refractivity (Wildman–Crippen MR) is 93.1 cm³/mol. The van der Waals surface area contributed by atoms with Gasteiger partial charge >= 0.3 is 5.69 Å². The number of fused-ring (bicyclic) bond motifs is 1. The molecule has 0 spiro atoms. The van der Waals surface area contributed by atoms with Gasteiger partial charge in [0.25, 0.3) is 0 Å². The number of hydrogen-bond acceptors (Lipinski definition) is 4. The summed E-state index contributed by atoms with van der Waals surface area (Å²) in [7, 11) is 0. The van der Waals surface area contributed by atoms with Crippen molar-refractivity contribution in [1.29, 1.82) is 0 Å². The van der Waals surface area contributed by atoms with Crippen LogP contribution in [0.1, 0.15) is 56.2 Å². The van der Waals surface area contributed by atoms with E-state index in [0.29, 0.717) is 25.4 Å². The van der Waals surface area contributed by atoms with Crippen LogP contribution in [0.15, 0.2) is 11.0 Å². The molecule has 0 bridgehead atoms. The van der Waals surface area contributed by atoms with Crippen molar-refractivity contribution in [3.8, 4) is 0 Å². The topological polar surface area (TPSA) is 97.6 Å². The average Bonchev–Trinajstić information content (AvgIpc) is 3.01. The standard InChI is InChI=1S/C17H26N6O2/c1-11(2)10-22-17(25)23-14(6-4-5-7-15(23)21-22)16(24)18-8-13-9-19-20-12(13)3/h9,11,14H,4-8,10H2,1-3H3,(H,18,24)(H,19,20). The highest BCUT2D eigenvalue weighted by atomic mass is 16.2. The summed E-state index contributed by atoms with van der Waals surface area (Å²) < 4.78 is 3.11. The van der Waals surface area contributed by atoms with Crippen LogP contribution < -0.4 is 11.0 Å². The van der Waals surface area contributed by atoms with Gasteiger partial charge in [-0.15, -0.1) is 0 Å². The third kappa shape index (κ3) is 3.67. The minimum Gasteiger partial charge on any atom is -0.350 e. The molecule has 0 saturated heterocycles. The predicted octanol–water partition coefficient (Wildman–Crippen LogP) is 1.32. The summed E-state index contributed by atoms with van der Waals surface area (Å²) in [6.45, 7) is 6.99. The molecule has 1 aliphatic rings. The molecule has 0 aromatic carbocycles. The highest BCUT2D eigenvalue weighted by molar-refractivity contribution is 5.80. The Labute approximate surface area is 146 Å². The van der Waals surface area contributed by atoms with Crippen LogP contribution in [-0.4, -0.2) is 30.5 Å². The highest BCUT2D eigenvalue weighted by Crippen LogP contribution is 2.22. The number of amides is 1. The SMILES string of the molecule is Cc1[nH]ncc1CNC(=O)C1CCCCc2nn(CC(C)C)c(=O)n21. The van der Waals surface area contributed by atoms with Crippen LogP contribution >= 0.6 is 0 Å². The molecule has 1 amide bonds. The maximum atomic E-state index is 12.8. The van der Waals surface area contributed by atoms with Gasteiger partial charge in [-0.25, -0.2) is 9.48 Å². The van der Waals surface area contributed by atoms with Crippen molar-refractivity contribution in [3.63, 3.8) is 0 Å². The van der Waals surface area contributed by atoms with Gasteiger partial charge < -0.3 is 5.32 Å². The summed E-state index contributed by atoms with van der Waals surface area (Å²) in [6.07, 6.45) is 4.97. The molecule has 25 heavy (non-hydrogen) atoms. The van der Waals surface area contributed by atoms with Crippen LogP contribution in [-0.2, 0) is 24.3 Å². The summed E-state index contributed by atoms with van der Waals surface area (Å²) in [5.74, 6) is 0.922. The summed E-state index contributed by atoms with van der Waals surface area (Å²) in [4.78, 5) is 25.5. The van der Waals surface area contributed by atoms with Crippen LogP contribution in [0, 0.1) is 12.8 Å². The van der Waals surface area contributed by atoms with Crippen molar-refractivity contribution in [1.82, 2.24) is 29.9 Å². The number of carbonyl (C=O) groups excluding carboxylic acids is 1. The minimum atomic E-state index is -0.488. The van der Waals surface area contributed by atoms with Gasteiger partial charge in [-0.3, -0.25) is 14.5 Å². The quantitative estimate of drug-likeness (QED) is 0.853. The van der Waals surface area contributed by atoms with E-state index < -0.39 is 6.04 Å². The van der Waals surface area contributed by atoms with Crippen molar-refractivity contribution >= 4 is 5.91 Å². The summed E-state index contributed by atoms with van der Waals surface area (Å²) in [5.41, 5.74) is 1.71. The van der Waals surface area contributed by atoms with Gasteiger partial charge in [0.1, 0.15) is 11.9 Å². The van der Waals surface area contributed by atoms with Crippen molar-refractivity contribution in [2.24, 2.45) is 5.92 Å². The lowest BCUT2D eigenvalue weighted by Crippen LogP contribution is -2.38. The lowest BCUT2D eigenvalue weighted by molar-refractivity contribution is -0.124. The maximum absolute atomic E-state index is 12.8. The van der Waals surface area contributed by atoms with E-state index in [4.69, 9.17) is 0 Å². The molecule has 8 nitrogen and oxygen atoms in total. The lowest BCUT2D eigenvalue weighted by atomic mass is 10.1. The summed E-state index contributed by atoms with van der Waals surface area (Å²) in [5, 5.41) is 14.2. The molecular formula is C17H26N6O2. The van der Waals surface area contributed by atoms with Crippen molar-refractivity contribution < 1.29 is 4.79 Å². The van der Waals surface area contributed by atoms with Crippen molar-refractivity contribution in [3.05, 3.63) is 33.8 Å². The normalized spacial score (nSPS) is 17.4. The van der Waals surface area contributed by atoms with Crippen molar-refractivity contribution in [2.75, 3.05) is 0 Å². The lowest BCUT2D eigenvalue weighted by Gasteiger charge is -2.16. The van der Waals surface area contributed by atoms with E-state index in [2.05, 4.69) is 34.5 Å². The summed E-state index contributed by atoms with van der Waals surface area (Å²) >= 11 is 0. The molecule has 8 heteroatoms. The van der Waals surface area contributed by atoms with E-state index in [1.54, 1.807) is 10.8 Å². The second-order valence-corrected chi connectivity index (χ2v) is 7.14. The van der Waals surface area contributed by atoms with Crippen LogP contribution in [0.3, 0.4) is 0 Å². The van der Waals surface area contributed by atoms with Crippen LogP contribution in [0.2, 0.25) is 0 Å². The Kier molecular flexibility index (Phi) is 5.06. The molecule has 2 N–H and O–H groups in total. The molecule has 136 valence electrons. The zero-order valence-electron chi connectivity index (χ0n) is 15.1. The first-order valence-electron chi connectivity index (χ1n) is 8.92. The van der Waals surface area contributed by atoms with E-state index in [1.165, 1.54) is 4.68 Å². The molecule has 1 aliphatic heterocycles. The Morgan fingerprint density at radius 2 is 2.24 bits per heavy atom. The molecule has 3 heterocycles. The maximum Gasteiger partial charge on any atom is 0.346 e. The van der Waals surface area contributed by atoms with Gasteiger partial charge in [0.15, 0.2) is 0 Å². The second-order valence-electron chi connectivity index (χ2n) is 7.14. The number of hydrogen-bond donors (Lipinski definition) is 2. The smallest absolute Gasteiger partial charge is 0.346 e. The van der Waals surface area contributed by atoms with Gasteiger partial charge in [-0.1, -0.05) is 20.3 Å². The molecule has 0 aliphatic carbocycles. The molecule has 0 fully saturated rings. The third-order valence-electron chi connectivity index (χ3n) is 4.61. The first-order chi connectivity index (χ1) is 12.0. The van der Waals surface area contributed by atoms with E-state index >= 15 is 0 Å². The average molecular weight is 346 g/mol. The molecule has 1 unspecified atom stereocenters. The van der Waals surface area contributed by atoms with Crippen LogP contribution in [0.25, 0.3) is 0 Å². The number of carbonyl (C=O) groups is 1. The van der Waals surface area contributed by atoms with Gasteiger partial charge in [-0.2, -0.15) is 10.2 Å². The molecule has 0 radical (unpaired) electrons. The Morgan fingerprint density at radius 3 is 2.92 bits per heavy atom. The van der Waals surface area contributed by atoms with Crippen molar-refractivity contribution in [2.45, 2.75) is 65.6 Å². The zero-order chi connectivity index (χ0) is 18.0. The Balaban J connectivity index is 1.82. The van der Waals surface area contributed by atoms with Crippen LogP contribution in [0.4, 0.5) is 0 Å². The Bertz CT molecular complexity index is 800. The zero-order valence-corrected chi connectivity index (χ0v) is 15.1. The fraction of sp³-hybridized carbons (Fsp3) is 0.647. The first kappa shape index (κ1) is 17.4. The highest BCUT2D eigenvalue weighted by Gasteiger charge is 2.29. The number of aromatic nitrogens is 5. The van der Waals surface area contributed by atoms with Gasteiger partial charge in [0, 0.05) is 30.8 Å². The van der Waals surface area contributed by atoms with E-state index in [9.17, 15) is 9.59 Å². The minimum absolute atomic E-state index is 0.130. The van der Waals surface area contributed by atoms with Gasteiger partial charge in [0.2, 0.25) is 5.91 Å². The largest absolute Gasteiger partial charge is 0.350 e. The number of rotatable bonds is 5. The molecule has 1 atom stereocenters. The fourth-order valence-corrected chi connectivity index (χ4v) is 3.27. The van der Waals surface area contributed by atoms with E-state index in [-0.39, 0.29) is 11.6 Å². The Morgan fingerprint density at radius 1 is 1.44 bits per heavy atom. The van der Waals surface area contributed by atoms with Gasteiger partial charge in [0.05, 0.1) is 6.20 Å². The van der Waals surface area contributed by atoms with E-state index in [1.807, 2.05) is 6.92 Å². The third-order valence-corrected chi connectivity index (χ3v) is 4.61. The molecule has 0 saturated carbocycles. The fourth-order valence-electron chi connectivity index (χ4n) is 3.27. The number of H-pyrrole nitrogens is 1. The van der Waals surface area contributed by atoms with Gasteiger partial charge in [-0.05, 0) is 25.7 Å². The summed E-state index contributed by atoms with van der Waals surface area (Å²) in [6, 6.07) is -0.488. The number of aromatic amines is 1. The monoisotopic (exact) mass is 346 g/mol. The molecular weight excluding hydrogens is 320 g/mol. The number of nitrogens with zero attached hydrogens (tertiary/aromatic N) is 4. The second kappa shape index (κ2) is 7.25. The Hall–Kier alpha value is -2.38. The van der Waals surface area contributed by atoms with Crippen LogP contribution in [0.5, 0.6) is 0 Å². The molecule has 2 aromatic rings. The van der Waals surface area contributed by atoms with E-state index in [0.717, 1.165) is 36.3 Å². The number of nitrogens with one attached hydrogen (secondary N) is 2. The molecule has 3 rings (SSSR count).